The summed E-state index contributed by atoms with van der Waals surface area (Å²) in [5, 5.41) is 7.14. The maximum absolute atomic E-state index is 12.9. The molecule has 0 fully saturated rings. The Morgan fingerprint density at radius 1 is 1.06 bits per heavy atom. The van der Waals surface area contributed by atoms with Crippen LogP contribution in [0.25, 0.3) is 0 Å². The molecule has 0 saturated carbocycles. The van der Waals surface area contributed by atoms with Gasteiger partial charge in [-0.3, -0.25) is 4.79 Å². The van der Waals surface area contributed by atoms with Crippen molar-refractivity contribution in [1.82, 2.24) is 10.5 Å². The lowest BCUT2D eigenvalue weighted by Crippen LogP contribution is -2.32. The predicted octanol–water partition coefficient (Wildman–Crippen LogP) is 5.09. The van der Waals surface area contributed by atoms with Crippen molar-refractivity contribution in [3.63, 3.8) is 0 Å². The number of benzene rings is 2. The first-order chi connectivity index (χ1) is 16.4. The number of nitrogens with zero attached hydrogens (tertiary/aromatic N) is 1. The SMILES string of the molecule is Cc1noc(C)c1COc1ccc(CC(=O)N[C@@H](c2ccc3c(c2)OCCCO3)C(C)C)cc1. The summed E-state index contributed by atoms with van der Waals surface area (Å²) in [6.45, 7) is 9.64. The van der Waals surface area contributed by atoms with Gasteiger partial charge in [0.15, 0.2) is 11.5 Å². The Bertz CT molecular complexity index is 1100. The largest absolute Gasteiger partial charge is 0.490 e. The standard InChI is InChI=1S/C27H32N2O5/c1-17(2)27(21-8-11-24-25(15-21)32-13-5-12-31-24)28-26(30)14-20-6-9-22(10-7-20)33-16-23-18(3)29-34-19(23)4/h6-11,15,17,27H,5,12-14,16H2,1-4H3,(H,28,30)/t27-/m1/s1. The normalized spacial score (nSPS) is 13.9. The van der Waals surface area contributed by atoms with E-state index < -0.39 is 0 Å². The summed E-state index contributed by atoms with van der Waals surface area (Å²) in [5.41, 5.74) is 3.72. The summed E-state index contributed by atoms with van der Waals surface area (Å²) in [5.74, 6) is 3.17. The molecule has 0 saturated heterocycles. The number of aromatic nitrogens is 1. The minimum Gasteiger partial charge on any atom is -0.490 e. The van der Waals surface area contributed by atoms with Crippen molar-refractivity contribution in [3.05, 3.63) is 70.6 Å². The predicted molar refractivity (Wildman–Crippen MR) is 128 cm³/mol. The number of amides is 1. The monoisotopic (exact) mass is 464 g/mol. The van der Waals surface area contributed by atoms with Gasteiger partial charge < -0.3 is 24.1 Å². The molecule has 3 aromatic rings. The molecule has 0 radical (unpaired) electrons. The fourth-order valence-electron chi connectivity index (χ4n) is 3.99. The second kappa shape index (κ2) is 10.6. The minimum atomic E-state index is -0.123. The van der Waals surface area contributed by atoms with Gasteiger partial charge >= 0.3 is 0 Å². The maximum atomic E-state index is 12.9. The molecule has 0 unspecified atom stereocenters. The van der Waals surface area contributed by atoms with Gasteiger partial charge in [0.1, 0.15) is 18.1 Å². The van der Waals surface area contributed by atoms with Gasteiger partial charge in [0, 0.05) is 6.42 Å². The van der Waals surface area contributed by atoms with E-state index in [1.165, 1.54) is 0 Å². The molecule has 7 heteroatoms. The van der Waals surface area contributed by atoms with Gasteiger partial charge in [-0.05, 0) is 55.2 Å². The topological polar surface area (TPSA) is 82.8 Å². The number of fused-ring (bicyclic) bond motifs is 1. The van der Waals surface area contributed by atoms with Crippen molar-refractivity contribution in [2.45, 2.75) is 53.2 Å². The first kappa shape index (κ1) is 23.7. The first-order valence-corrected chi connectivity index (χ1v) is 11.7. The van der Waals surface area contributed by atoms with E-state index in [0.29, 0.717) is 19.8 Å². The molecule has 0 spiro atoms. The van der Waals surface area contributed by atoms with Gasteiger partial charge in [0.25, 0.3) is 0 Å². The van der Waals surface area contributed by atoms with Crippen molar-refractivity contribution in [2.75, 3.05) is 13.2 Å². The van der Waals surface area contributed by atoms with Crippen LogP contribution >= 0.6 is 0 Å². The fourth-order valence-corrected chi connectivity index (χ4v) is 3.99. The second-order valence-electron chi connectivity index (χ2n) is 8.96. The molecular formula is C27H32N2O5. The molecular weight excluding hydrogens is 432 g/mol. The van der Waals surface area contributed by atoms with Crippen molar-refractivity contribution in [3.8, 4) is 17.2 Å². The molecule has 0 bridgehead atoms. The van der Waals surface area contributed by atoms with Crippen LogP contribution in [0.4, 0.5) is 0 Å². The number of nitrogens with one attached hydrogen (secondary N) is 1. The zero-order chi connectivity index (χ0) is 24.1. The average molecular weight is 465 g/mol. The van der Waals surface area contributed by atoms with Crippen LogP contribution < -0.4 is 19.5 Å². The van der Waals surface area contributed by atoms with E-state index in [1.54, 1.807) is 0 Å². The van der Waals surface area contributed by atoms with E-state index in [2.05, 4.69) is 24.3 Å². The van der Waals surface area contributed by atoms with Crippen LogP contribution in [-0.4, -0.2) is 24.3 Å². The van der Waals surface area contributed by atoms with Gasteiger partial charge in [-0.25, -0.2) is 0 Å². The molecule has 1 aromatic heterocycles. The molecule has 1 aliphatic heterocycles. The lowest BCUT2D eigenvalue weighted by molar-refractivity contribution is -0.121. The number of carbonyl (C=O) groups excluding carboxylic acids is 1. The average Bonchev–Trinajstić information content (AvgIpc) is 3.00. The molecule has 180 valence electrons. The molecule has 0 aliphatic carbocycles. The van der Waals surface area contributed by atoms with Crippen LogP contribution in [0.3, 0.4) is 0 Å². The molecule has 1 aliphatic rings. The quantitative estimate of drug-likeness (QED) is 0.500. The van der Waals surface area contributed by atoms with Crippen molar-refractivity contribution >= 4 is 5.91 Å². The Kier molecular flexibility index (Phi) is 7.40. The van der Waals surface area contributed by atoms with E-state index in [-0.39, 0.29) is 24.3 Å². The molecule has 2 heterocycles. The van der Waals surface area contributed by atoms with Crippen LogP contribution in [0.5, 0.6) is 17.2 Å². The third kappa shape index (κ3) is 5.71. The maximum Gasteiger partial charge on any atom is 0.224 e. The van der Waals surface area contributed by atoms with Gasteiger partial charge in [0.2, 0.25) is 5.91 Å². The molecule has 7 nitrogen and oxygen atoms in total. The number of rotatable bonds is 8. The van der Waals surface area contributed by atoms with E-state index in [0.717, 1.165) is 51.8 Å². The highest BCUT2D eigenvalue weighted by atomic mass is 16.5. The van der Waals surface area contributed by atoms with E-state index >= 15 is 0 Å². The van der Waals surface area contributed by atoms with Gasteiger partial charge in [-0.2, -0.15) is 0 Å². The highest BCUT2D eigenvalue weighted by molar-refractivity contribution is 5.79. The van der Waals surface area contributed by atoms with Crippen molar-refractivity contribution in [1.29, 1.82) is 0 Å². The summed E-state index contributed by atoms with van der Waals surface area (Å²) in [6.07, 6.45) is 1.15. The van der Waals surface area contributed by atoms with Crippen LogP contribution in [0.2, 0.25) is 0 Å². The molecule has 1 amide bonds. The minimum absolute atomic E-state index is 0.0322. The van der Waals surface area contributed by atoms with Crippen LogP contribution in [0, 0.1) is 19.8 Å². The highest BCUT2D eigenvalue weighted by Gasteiger charge is 2.21. The highest BCUT2D eigenvalue weighted by Crippen LogP contribution is 2.34. The van der Waals surface area contributed by atoms with Crippen LogP contribution in [-0.2, 0) is 17.8 Å². The summed E-state index contributed by atoms with van der Waals surface area (Å²) >= 11 is 0. The Hall–Kier alpha value is -3.48. The summed E-state index contributed by atoms with van der Waals surface area (Å²) in [4.78, 5) is 12.9. The molecule has 1 N–H and O–H groups in total. The zero-order valence-corrected chi connectivity index (χ0v) is 20.2. The number of aryl methyl sites for hydroxylation is 2. The molecule has 34 heavy (non-hydrogen) atoms. The Balaban J connectivity index is 1.36. The molecule has 1 atom stereocenters. The Morgan fingerprint density at radius 2 is 1.79 bits per heavy atom. The number of carbonyl (C=O) groups is 1. The number of hydrogen-bond donors (Lipinski definition) is 1. The van der Waals surface area contributed by atoms with Crippen molar-refractivity contribution < 1.29 is 23.5 Å². The third-order valence-electron chi connectivity index (χ3n) is 5.97. The summed E-state index contributed by atoms with van der Waals surface area (Å²) in [7, 11) is 0. The first-order valence-electron chi connectivity index (χ1n) is 11.7. The van der Waals surface area contributed by atoms with Gasteiger partial charge in [-0.15, -0.1) is 0 Å². The third-order valence-corrected chi connectivity index (χ3v) is 5.97. The Labute approximate surface area is 200 Å². The van der Waals surface area contributed by atoms with Crippen LogP contribution in [0.1, 0.15) is 54.5 Å². The molecule has 2 aromatic carbocycles. The van der Waals surface area contributed by atoms with E-state index in [9.17, 15) is 4.79 Å². The lowest BCUT2D eigenvalue weighted by atomic mass is 9.95. The van der Waals surface area contributed by atoms with E-state index in [4.69, 9.17) is 18.7 Å². The van der Waals surface area contributed by atoms with E-state index in [1.807, 2.05) is 56.3 Å². The molecule has 4 rings (SSSR count). The van der Waals surface area contributed by atoms with Gasteiger partial charge in [0.05, 0.1) is 36.9 Å². The van der Waals surface area contributed by atoms with Crippen LogP contribution in [0.15, 0.2) is 47.0 Å². The van der Waals surface area contributed by atoms with Gasteiger partial charge in [-0.1, -0.05) is 37.2 Å². The Morgan fingerprint density at radius 3 is 2.47 bits per heavy atom. The fraction of sp³-hybridized carbons (Fsp3) is 0.407. The summed E-state index contributed by atoms with van der Waals surface area (Å²) < 4.78 is 22.6. The van der Waals surface area contributed by atoms with Crippen molar-refractivity contribution in [2.24, 2.45) is 5.92 Å². The number of ether oxygens (including phenoxy) is 3. The zero-order valence-electron chi connectivity index (χ0n) is 20.2. The number of hydrogen-bond acceptors (Lipinski definition) is 6. The lowest BCUT2D eigenvalue weighted by Gasteiger charge is -2.24. The second-order valence-corrected chi connectivity index (χ2v) is 8.96. The summed E-state index contributed by atoms with van der Waals surface area (Å²) in [6, 6.07) is 13.4. The smallest absolute Gasteiger partial charge is 0.224 e.